The van der Waals surface area contributed by atoms with Gasteiger partial charge in [0.1, 0.15) is 16.8 Å². The van der Waals surface area contributed by atoms with E-state index in [2.05, 4.69) is 139 Å². The Morgan fingerprint density at radius 3 is 1.40 bits per heavy atom. The van der Waals surface area contributed by atoms with E-state index in [9.17, 15) is 0 Å². The average Bonchev–Trinajstić information content (AvgIpc) is 3.32. The first kappa shape index (κ1) is 46.8. The summed E-state index contributed by atoms with van der Waals surface area (Å²) in [6.07, 6.45) is 5.62. The molecule has 16 heteroatoms. The van der Waals surface area contributed by atoms with Crippen LogP contribution in [0.1, 0.15) is 46.1 Å². The Balaban J connectivity index is 0.000000142. The first-order valence-corrected chi connectivity index (χ1v) is 23.1. The van der Waals surface area contributed by atoms with Crippen molar-refractivity contribution in [2.24, 2.45) is 0 Å². The number of ether oxygens (including phenoxy) is 3. The molecule has 0 aliphatic carbocycles. The van der Waals surface area contributed by atoms with Gasteiger partial charge in [-0.05, 0) is 106 Å². The number of morpholine rings is 3. The Morgan fingerprint density at radius 2 is 0.968 bits per heavy atom. The molecule has 0 bridgehead atoms. The maximum atomic E-state index is 6.09. The van der Waals surface area contributed by atoms with Crippen molar-refractivity contribution in [2.45, 2.75) is 32.2 Å². The number of rotatable bonds is 9. The maximum Gasteiger partial charge on any atom is 0.131 e. The van der Waals surface area contributed by atoms with E-state index in [1.807, 2.05) is 50.5 Å². The minimum absolute atomic E-state index is 0.117. The quantitative estimate of drug-likeness (QED) is 0.0769. The van der Waals surface area contributed by atoms with Crippen molar-refractivity contribution in [1.82, 2.24) is 30.9 Å². The fourth-order valence-corrected chi connectivity index (χ4v) is 7.66. The molecular formula is C47H51Br2Cl2N9O3. The normalized spacial score (nSPS) is 18.5. The number of halogens is 4. The number of hydrogen-bond donors (Lipinski definition) is 6. The molecule has 0 saturated carbocycles. The Hall–Kier alpha value is -4.19. The molecular weight excluding hydrogens is 969 g/mol. The summed E-state index contributed by atoms with van der Waals surface area (Å²) in [4.78, 5) is 12.7. The summed E-state index contributed by atoms with van der Waals surface area (Å²) >= 11 is 18.9. The zero-order valence-electron chi connectivity index (χ0n) is 35.1. The van der Waals surface area contributed by atoms with Crippen LogP contribution in [-0.2, 0) is 14.2 Å². The topological polar surface area (TPSA) is 139 Å². The van der Waals surface area contributed by atoms with Crippen LogP contribution in [0.15, 0.2) is 119 Å². The summed E-state index contributed by atoms with van der Waals surface area (Å²) in [6.45, 7) is 11.7. The Bertz CT molecular complexity index is 2250. The average molecular weight is 1020 g/mol. The number of anilines is 6. The van der Waals surface area contributed by atoms with Gasteiger partial charge in [-0.25, -0.2) is 15.0 Å². The minimum atomic E-state index is 0.117. The molecule has 3 aliphatic rings. The number of hydrogen-bond acceptors (Lipinski definition) is 12. The van der Waals surface area contributed by atoms with Crippen molar-refractivity contribution in [1.29, 1.82) is 0 Å². The zero-order chi connectivity index (χ0) is 44.0. The summed E-state index contributed by atoms with van der Waals surface area (Å²) in [7, 11) is 0. The second-order valence-corrected chi connectivity index (χ2v) is 17.6. The van der Waals surface area contributed by atoms with Crippen molar-refractivity contribution in [3.63, 3.8) is 0 Å². The molecule has 3 atom stereocenters. The van der Waals surface area contributed by atoms with Gasteiger partial charge in [-0.3, -0.25) is 0 Å². The lowest BCUT2D eigenvalue weighted by Gasteiger charge is -2.24. The van der Waals surface area contributed by atoms with Gasteiger partial charge in [-0.15, -0.1) is 0 Å². The van der Waals surface area contributed by atoms with Crippen molar-refractivity contribution >= 4 is 89.4 Å². The number of nitrogens with zero attached hydrogens (tertiary/aromatic N) is 3. The van der Waals surface area contributed by atoms with Crippen LogP contribution in [0.5, 0.6) is 0 Å². The van der Waals surface area contributed by atoms with E-state index < -0.39 is 0 Å². The highest BCUT2D eigenvalue weighted by Gasteiger charge is 2.18. The van der Waals surface area contributed by atoms with E-state index in [1.165, 1.54) is 17.3 Å². The molecule has 0 unspecified atom stereocenters. The first-order valence-electron chi connectivity index (χ1n) is 20.8. The third kappa shape index (κ3) is 14.1. The van der Waals surface area contributed by atoms with E-state index >= 15 is 0 Å². The fourth-order valence-electron chi connectivity index (χ4n) is 6.82. The maximum absolute atomic E-state index is 6.09. The Labute approximate surface area is 395 Å². The van der Waals surface area contributed by atoms with Crippen LogP contribution in [0, 0.1) is 13.8 Å². The molecule has 12 nitrogen and oxygen atoms in total. The summed E-state index contributed by atoms with van der Waals surface area (Å²) < 4.78 is 19.3. The standard InChI is InChI=1S/2C16H18BrN3O.C15H15Cl2N3O/c1-11-9-19-16(8-14(11)17)20-13-4-2-12(3-5-13)15-10-18-6-7-21-15;1-11-8-16(19-9-14(11)17)20-13-4-2-12(3-5-13)15-10-18-6-7-21-15;16-12-8-19-15(17)7-13(12)20-11-3-1-10(2-4-11)14-9-18-5-6-21-14/h2*2-5,8-9,15,18H,6-7,10H2,1H3,(H,19,20);1-4,7-8,14,18H,5-6,9H2,(H,19,20)/t2*15-;14-/m111/s1. The van der Waals surface area contributed by atoms with Gasteiger partial charge in [-0.2, -0.15) is 0 Å². The predicted molar refractivity (Wildman–Crippen MR) is 261 cm³/mol. The van der Waals surface area contributed by atoms with Gasteiger partial charge in [0.25, 0.3) is 0 Å². The van der Waals surface area contributed by atoms with Gasteiger partial charge in [0.2, 0.25) is 0 Å². The van der Waals surface area contributed by atoms with E-state index in [4.69, 9.17) is 37.4 Å². The Kier molecular flexibility index (Phi) is 17.6. The molecule has 3 aliphatic heterocycles. The highest BCUT2D eigenvalue weighted by atomic mass is 79.9. The van der Waals surface area contributed by atoms with Crippen molar-refractivity contribution in [2.75, 3.05) is 75.0 Å². The van der Waals surface area contributed by atoms with Crippen molar-refractivity contribution in [3.8, 4) is 0 Å². The molecule has 0 radical (unpaired) electrons. The number of nitrogens with one attached hydrogen (secondary N) is 6. The molecule has 330 valence electrons. The third-order valence-corrected chi connectivity index (χ3v) is 12.6. The highest BCUT2D eigenvalue weighted by molar-refractivity contribution is 9.10. The molecule has 63 heavy (non-hydrogen) atoms. The van der Waals surface area contributed by atoms with Gasteiger partial charge in [-0.1, -0.05) is 75.5 Å². The number of aromatic nitrogens is 3. The summed E-state index contributed by atoms with van der Waals surface area (Å²) in [6, 6.07) is 30.5. The largest absolute Gasteiger partial charge is 0.371 e. The molecule has 9 rings (SSSR count). The van der Waals surface area contributed by atoms with Gasteiger partial charge >= 0.3 is 0 Å². The molecule has 6 N–H and O–H groups in total. The second kappa shape index (κ2) is 23.7. The van der Waals surface area contributed by atoms with Crippen LogP contribution < -0.4 is 31.9 Å². The number of benzene rings is 3. The molecule has 3 aromatic heterocycles. The number of aryl methyl sites for hydroxylation is 2. The highest BCUT2D eigenvalue weighted by Crippen LogP contribution is 2.29. The summed E-state index contributed by atoms with van der Waals surface area (Å²) in [5, 5.41) is 20.8. The SMILES string of the molecule is Cc1cc(Nc2ccc([C@H]3CNCCO3)cc2)ncc1Br.Cc1cnc(Nc2ccc([C@H]3CNCCO3)cc2)cc1Br.Clc1cc(Nc2ccc([C@H]3CNCCO3)cc2)c(Cl)cn1. The summed E-state index contributed by atoms with van der Waals surface area (Å²) in [5.41, 5.74) is 9.56. The lowest BCUT2D eigenvalue weighted by atomic mass is 10.1. The van der Waals surface area contributed by atoms with Crippen molar-refractivity contribution in [3.05, 3.63) is 157 Å². The predicted octanol–water partition coefficient (Wildman–Crippen LogP) is 10.9. The van der Waals surface area contributed by atoms with Crippen LogP contribution in [0.3, 0.4) is 0 Å². The van der Waals surface area contributed by atoms with Gasteiger partial charge in [0, 0.05) is 89.9 Å². The van der Waals surface area contributed by atoms with Crippen LogP contribution in [0.4, 0.5) is 34.4 Å². The molecule has 6 heterocycles. The van der Waals surface area contributed by atoms with Gasteiger partial charge in [0.15, 0.2) is 0 Å². The lowest BCUT2D eigenvalue weighted by Crippen LogP contribution is -2.33. The first-order chi connectivity index (χ1) is 30.7. The molecule has 0 spiro atoms. The van der Waals surface area contributed by atoms with Crippen LogP contribution in [0.25, 0.3) is 0 Å². The molecule has 6 aromatic rings. The minimum Gasteiger partial charge on any atom is -0.371 e. The van der Waals surface area contributed by atoms with E-state index in [0.717, 1.165) is 119 Å². The van der Waals surface area contributed by atoms with E-state index in [-0.39, 0.29) is 18.3 Å². The fraction of sp³-hybridized carbons (Fsp3) is 0.298. The molecule has 3 fully saturated rings. The second-order valence-electron chi connectivity index (χ2n) is 15.1. The lowest BCUT2D eigenvalue weighted by molar-refractivity contribution is 0.0276. The van der Waals surface area contributed by atoms with E-state index in [0.29, 0.717) is 10.2 Å². The monoisotopic (exact) mass is 1020 g/mol. The Morgan fingerprint density at radius 1 is 0.524 bits per heavy atom. The zero-order valence-corrected chi connectivity index (χ0v) is 39.8. The van der Waals surface area contributed by atoms with Gasteiger partial charge < -0.3 is 46.1 Å². The van der Waals surface area contributed by atoms with Crippen molar-refractivity contribution < 1.29 is 14.2 Å². The molecule has 3 aromatic carbocycles. The van der Waals surface area contributed by atoms with Crippen LogP contribution >= 0.6 is 55.1 Å². The molecule has 0 amide bonds. The molecule has 3 saturated heterocycles. The smallest absolute Gasteiger partial charge is 0.131 e. The van der Waals surface area contributed by atoms with Crippen LogP contribution in [0.2, 0.25) is 10.2 Å². The van der Waals surface area contributed by atoms with Gasteiger partial charge in [0.05, 0.1) is 48.8 Å². The van der Waals surface area contributed by atoms with Crippen LogP contribution in [-0.4, -0.2) is 74.0 Å². The summed E-state index contributed by atoms with van der Waals surface area (Å²) in [5.74, 6) is 1.68. The number of pyridine rings is 3. The van der Waals surface area contributed by atoms with E-state index in [1.54, 1.807) is 6.07 Å². The third-order valence-electron chi connectivity index (χ3n) is 10.4.